The maximum Gasteiger partial charge on any atom is 0.191 e. The van der Waals surface area contributed by atoms with Crippen molar-refractivity contribution in [1.29, 1.82) is 0 Å². The van der Waals surface area contributed by atoms with E-state index in [9.17, 15) is 4.39 Å². The Morgan fingerprint density at radius 1 is 1.26 bits per heavy atom. The van der Waals surface area contributed by atoms with E-state index in [1.807, 2.05) is 12.3 Å². The van der Waals surface area contributed by atoms with Crippen LogP contribution in [0.25, 0.3) is 0 Å². The predicted molar refractivity (Wildman–Crippen MR) is 135 cm³/mol. The smallest absolute Gasteiger partial charge is 0.191 e. The third-order valence-electron chi connectivity index (χ3n) is 5.23. The first-order valence-corrected chi connectivity index (χ1v) is 10.6. The van der Waals surface area contributed by atoms with Gasteiger partial charge < -0.3 is 20.3 Å². The second-order valence-corrected chi connectivity index (χ2v) is 7.65. The van der Waals surface area contributed by atoms with E-state index in [0.29, 0.717) is 18.2 Å². The molecule has 0 atom stereocenters. The highest BCUT2D eigenvalue weighted by Crippen LogP contribution is 2.18. The van der Waals surface area contributed by atoms with Gasteiger partial charge in [0.25, 0.3) is 0 Å². The molecular formula is C23H33FIN5O. The number of nitrogens with one attached hydrogen (secondary N) is 2. The van der Waals surface area contributed by atoms with Gasteiger partial charge in [0.2, 0.25) is 0 Å². The van der Waals surface area contributed by atoms with Crippen LogP contribution in [0.4, 0.5) is 10.2 Å². The van der Waals surface area contributed by atoms with Crippen LogP contribution in [0, 0.1) is 12.7 Å². The van der Waals surface area contributed by atoms with Crippen LogP contribution in [0.5, 0.6) is 0 Å². The summed E-state index contributed by atoms with van der Waals surface area (Å²) in [7, 11) is 1.57. The second-order valence-electron chi connectivity index (χ2n) is 7.65. The Morgan fingerprint density at radius 2 is 2.03 bits per heavy atom. The molecule has 0 aliphatic carbocycles. The zero-order chi connectivity index (χ0) is 21.3. The highest BCUT2D eigenvalue weighted by molar-refractivity contribution is 14.0. The molecule has 0 unspecified atom stereocenters. The maximum absolute atomic E-state index is 13.8. The number of aromatic nitrogens is 1. The van der Waals surface area contributed by atoms with Crippen molar-refractivity contribution >= 4 is 35.8 Å². The van der Waals surface area contributed by atoms with Gasteiger partial charge in [0.15, 0.2) is 5.96 Å². The van der Waals surface area contributed by atoms with Gasteiger partial charge in [-0.1, -0.05) is 12.1 Å². The fourth-order valence-electron chi connectivity index (χ4n) is 3.58. The number of nitrogens with zero attached hydrogens (tertiary/aromatic N) is 3. The molecule has 0 spiro atoms. The number of aliphatic imine (C=N–C) groups is 1. The van der Waals surface area contributed by atoms with E-state index in [0.717, 1.165) is 49.8 Å². The number of benzene rings is 1. The van der Waals surface area contributed by atoms with Crippen molar-refractivity contribution in [1.82, 2.24) is 15.6 Å². The Labute approximate surface area is 201 Å². The van der Waals surface area contributed by atoms with E-state index in [2.05, 4.69) is 46.5 Å². The SMILES string of the molecule is CCNC(=NCc1ccc(F)c(COC)c1)NC1CCN(c2ccc(C)cn2)CC1.I. The summed E-state index contributed by atoms with van der Waals surface area (Å²) in [6.45, 7) is 7.57. The summed E-state index contributed by atoms with van der Waals surface area (Å²) in [5.74, 6) is 1.59. The fourth-order valence-corrected chi connectivity index (χ4v) is 3.58. The molecular weight excluding hydrogens is 508 g/mol. The molecule has 0 bridgehead atoms. The Balaban J connectivity index is 0.00000341. The number of rotatable bonds is 7. The summed E-state index contributed by atoms with van der Waals surface area (Å²) in [4.78, 5) is 11.6. The lowest BCUT2D eigenvalue weighted by molar-refractivity contribution is 0.181. The molecule has 0 radical (unpaired) electrons. The van der Waals surface area contributed by atoms with Crippen LogP contribution in [0.1, 0.15) is 36.5 Å². The normalized spacial score (nSPS) is 14.8. The molecule has 0 amide bonds. The molecule has 1 aromatic carbocycles. The Bertz CT molecular complexity index is 838. The monoisotopic (exact) mass is 541 g/mol. The number of guanidine groups is 1. The first-order valence-electron chi connectivity index (χ1n) is 10.6. The van der Waals surface area contributed by atoms with Crippen molar-refractivity contribution in [3.8, 4) is 0 Å². The lowest BCUT2D eigenvalue weighted by Gasteiger charge is -2.33. The fraction of sp³-hybridized carbons (Fsp3) is 0.478. The molecule has 1 saturated heterocycles. The van der Waals surface area contributed by atoms with Crippen LogP contribution in [-0.4, -0.2) is 43.7 Å². The van der Waals surface area contributed by atoms with E-state index in [-0.39, 0.29) is 36.4 Å². The average molecular weight is 541 g/mol. The van der Waals surface area contributed by atoms with Gasteiger partial charge in [-0.3, -0.25) is 0 Å². The number of hydrogen-bond acceptors (Lipinski definition) is 4. The van der Waals surface area contributed by atoms with Crippen molar-refractivity contribution in [2.45, 2.75) is 45.9 Å². The van der Waals surface area contributed by atoms with Crippen LogP contribution in [0.3, 0.4) is 0 Å². The molecule has 1 aliphatic rings. The highest BCUT2D eigenvalue weighted by atomic mass is 127. The maximum atomic E-state index is 13.8. The Hall–Kier alpha value is -1.94. The van der Waals surface area contributed by atoms with Gasteiger partial charge in [-0.15, -0.1) is 24.0 Å². The van der Waals surface area contributed by atoms with Gasteiger partial charge in [0.1, 0.15) is 11.6 Å². The third-order valence-corrected chi connectivity index (χ3v) is 5.23. The molecule has 2 aromatic rings. The van der Waals surface area contributed by atoms with Crippen molar-refractivity contribution < 1.29 is 9.13 Å². The third kappa shape index (κ3) is 7.60. The number of hydrogen-bond donors (Lipinski definition) is 2. The molecule has 2 heterocycles. The number of anilines is 1. The zero-order valence-electron chi connectivity index (χ0n) is 18.5. The van der Waals surface area contributed by atoms with Gasteiger partial charge >= 0.3 is 0 Å². The van der Waals surface area contributed by atoms with Crippen LogP contribution in [-0.2, 0) is 17.9 Å². The van der Waals surface area contributed by atoms with Crippen molar-refractivity contribution in [2.75, 3.05) is 31.6 Å². The van der Waals surface area contributed by atoms with Crippen LogP contribution >= 0.6 is 24.0 Å². The molecule has 170 valence electrons. The Morgan fingerprint density at radius 3 is 2.68 bits per heavy atom. The molecule has 1 aromatic heterocycles. The van der Waals surface area contributed by atoms with Crippen molar-refractivity contribution in [3.05, 3.63) is 59.0 Å². The lowest BCUT2D eigenvalue weighted by Crippen LogP contribution is -2.48. The van der Waals surface area contributed by atoms with Gasteiger partial charge in [0, 0.05) is 44.5 Å². The second kappa shape index (κ2) is 12.8. The molecule has 6 nitrogen and oxygen atoms in total. The van der Waals surface area contributed by atoms with Gasteiger partial charge in [-0.05, 0) is 56.0 Å². The predicted octanol–water partition coefficient (Wildman–Crippen LogP) is 4.02. The molecule has 0 saturated carbocycles. The number of aryl methyl sites for hydroxylation is 1. The first-order chi connectivity index (χ1) is 14.6. The van der Waals surface area contributed by atoms with E-state index in [1.54, 1.807) is 13.2 Å². The highest BCUT2D eigenvalue weighted by Gasteiger charge is 2.20. The van der Waals surface area contributed by atoms with Gasteiger partial charge in [0.05, 0.1) is 13.2 Å². The molecule has 1 fully saturated rings. The number of halogens is 2. The lowest BCUT2D eigenvalue weighted by atomic mass is 10.1. The van der Waals surface area contributed by atoms with Crippen LogP contribution < -0.4 is 15.5 Å². The van der Waals surface area contributed by atoms with Crippen LogP contribution in [0.15, 0.2) is 41.5 Å². The molecule has 3 rings (SSSR count). The van der Waals surface area contributed by atoms with E-state index in [1.165, 1.54) is 11.6 Å². The van der Waals surface area contributed by atoms with E-state index < -0.39 is 0 Å². The quantitative estimate of drug-likeness (QED) is 0.315. The summed E-state index contributed by atoms with van der Waals surface area (Å²) in [6.07, 6.45) is 3.96. The number of pyridine rings is 1. The summed E-state index contributed by atoms with van der Waals surface area (Å²) >= 11 is 0. The number of methoxy groups -OCH3 is 1. The largest absolute Gasteiger partial charge is 0.380 e. The summed E-state index contributed by atoms with van der Waals surface area (Å²) in [6, 6.07) is 9.63. The molecule has 1 aliphatic heterocycles. The summed E-state index contributed by atoms with van der Waals surface area (Å²) in [5, 5.41) is 6.87. The van der Waals surface area contributed by atoms with Crippen molar-refractivity contribution in [2.24, 2.45) is 4.99 Å². The average Bonchev–Trinajstić information content (AvgIpc) is 2.75. The molecule has 31 heavy (non-hydrogen) atoms. The number of piperidine rings is 1. The number of ether oxygens (including phenoxy) is 1. The van der Waals surface area contributed by atoms with Crippen LogP contribution in [0.2, 0.25) is 0 Å². The van der Waals surface area contributed by atoms with Crippen molar-refractivity contribution in [3.63, 3.8) is 0 Å². The first kappa shape index (κ1) is 25.3. The molecule has 2 N–H and O–H groups in total. The zero-order valence-corrected chi connectivity index (χ0v) is 20.9. The molecule has 8 heteroatoms. The van der Waals surface area contributed by atoms with E-state index in [4.69, 9.17) is 9.73 Å². The topological polar surface area (TPSA) is 61.8 Å². The standard InChI is InChI=1S/C23H32FN5O.HI/c1-4-25-23(27-15-18-6-7-21(24)19(13-18)16-30-3)28-20-9-11-29(12-10-20)22-8-5-17(2)14-26-22;/h5-8,13-14,20H,4,9-12,15-16H2,1-3H3,(H2,25,27,28);1H. The minimum atomic E-state index is -0.246. The Kier molecular flexibility index (Phi) is 10.5. The summed E-state index contributed by atoms with van der Waals surface area (Å²) in [5.41, 5.74) is 2.69. The minimum absolute atomic E-state index is 0. The summed E-state index contributed by atoms with van der Waals surface area (Å²) < 4.78 is 18.9. The minimum Gasteiger partial charge on any atom is -0.380 e. The van der Waals surface area contributed by atoms with E-state index >= 15 is 0 Å². The van der Waals surface area contributed by atoms with Gasteiger partial charge in [-0.2, -0.15) is 0 Å². The van der Waals surface area contributed by atoms with Gasteiger partial charge in [-0.25, -0.2) is 14.4 Å².